The maximum atomic E-state index is 11.9. The van der Waals surface area contributed by atoms with E-state index in [0.29, 0.717) is 18.7 Å². The molecular weight excluding hydrogens is 306 g/mol. The van der Waals surface area contributed by atoms with Gasteiger partial charge in [0.2, 0.25) is 5.91 Å². The molecular formula is C18H21N3O3. The summed E-state index contributed by atoms with van der Waals surface area (Å²) in [6, 6.07) is 7.57. The number of Topliss-reactive ketones (excluding diaryl/α,β-unsaturated/α-hetero) is 1. The van der Waals surface area contributed by atoms with Gasteiger partial charge < -0.3 is 4.90 Å². The number of carbonyl (C=O) groups excluding carboxylic acids is 3. The van der Waals surface area contributed by atoms with Crippen LogP contribution in [0, 0.1) is 5.41 Å². The molecule has 3 fully saturated rings. The molecule has 0 radical (unpaired) electrons. The largest absolute Gasteiger partial charge is 0.371 e. The second-order valence-electron chi connectivity index (χ2n) is 7.15. The molecule has 3 amide bonds. The van der Waals surface area contributed by atoms with Gasteiger partial charge in [-0.05, 0) is 42.5 Å². The Labute approximate surface area is 140 Å². The molecule has 1 saturated carbocycles. The van der Waals surface area contributed by atoms with E-state index in [2.05, 4.69) is 10.2 Å². The number of imide groups is 1. The predicted octanol–water partition coefficient (Wildman–Crippen LogP) is 2.08. The average Bonchev–Trinajstić information content (AvgIpc) is 2.55. The predicted molar refractivity (Wildman–Crippen MR) is 90.1 cm³/mol. The first kappa shape index (κ1) is 15.2. The maximum Gasteiger partial charge on any atom is 0.328 e. The summed E-state index contributed by atoms with van der Waals surface area (Å²) in [4.78, 5) is 38.3. The van der Waals surface area contributed by atoms with Crippen LogP contribution >= 0.6 is 0 Å². The van der Waals surface area contributed by atoms with Crippen molar-refractivity contribution in [3.63, 3.8) is 0 Å². The van der Waals surface area contributed by atoms with Crippen LogP contribution in [0.15, 0.2) is 24.3 Å². The van der Waals surface area contributed by atoms with Gasteiger partial charge in [0.05, 0.1) is 0 Å². The van der Waals surface area contributed by atoms with Crippen molar-refractivity contribution in [3.05, 3.63) is 24.3 Å². The van der Waals surface area contributed by atoms with E-state index in [4.69, 9.17) is 0 Å². The fourth-order valence-electron chi connectivity index (χ4n) is 4.03. The lowest BCUT2D eigenvalue weighted by Crippen LogP contribution is -2.49. The van der Waals surface area contributed by atoms with Crippen LogP contribution in [-0.2, 0) is 9.59 Å². The molecule has 1 aromatic carbocycles. The van der Waals surface area contributed by atoms with E-state index in [1.807, 2.05) is 24.3 Å². The van der Waals surface area contributed by atoms with Crippen LogP contribution in [0.1, 0.15) is 32.1 Å². The Morgan fingerprint density at radius 3 is 2.08 bits per heavy atom. The first-order valence-corrected chi connectivity index (χ1v) is 8.53. The SMILES string of the molecule is O=C1CC2(CCN(c3ccc(N4CCC(=O)NC4=O)cc3)CC2)C1. The van der Waals surface area contributed by atoms with Crippen molar-refractivity contribution in [2.24, 2.45) is 5.41 Å². The van der Waals surface area contributed by atoms with Crippen molar-refractivity contribution in [2.75, 3.05) is 29.4 Å². The van der Waals surface area contributed by atoms with Gasteiger partial charge in [-0.1, -0.05) is 0 Å². The van der Waals surface area contributed by atoms with Crippen LogP contribution in [0.2, 0.25) is 0 Å². The molecule has 4 rings (SSSR count). The van der Waals surface area contributed by atoms with Gasteiger partial charge in [0.1, 0.15) is 5.78 Å². The zero-order chi connectivity index (χ0) is 16.7. The number of amides is 3. The third-order valence-electron chi connectivity index (χ3n) is 5.55. The number of piperidine rings is 1. The Morgan fingerprint density at radius 2 is 1.50 bits per heavy atom. The smallest absolute Gasteiger partial charge is 0.328 e. The molecule has 1 spiro atoms. The lowest BCUT2D eigenvalue weighted by atomic mass is 9.62. The molecule has 3 aliphatic rings. The number of urea groups is 1. The first-order valence-electron chi connectivity index (χ1n) is 8.53. The summed E-state index contributed by atoms with van der Waals surface area (Å²) in [6.45, 7) is 2.38. The molecule has 0 atom stereocenters. The van der Waals surface area contributed by atoms with Crippen LogP contribution in [0.5, 0.6) is 0 Å². The number of anilines is 2. The minimum atomic E-state index is -0.353. The van der Waals surface area contributed by atoms with Crippen molar-refractivity contribution in [1.82, 2.24) is 5.32 Å². The summed E-state index contributed by atoms with van der Waals surface area (Å²) in [7, 11) is 0. The van der Waals surface area contributed by atoms with E-state index in [9.17, 15) is 14.4 Å². The summed E-state index contributed by atoms with van der Waals surface area (Å²) in [6.07, 6.45) is 4.03. The highest BCUT2D eigenvalue weighted by Gasteiger charge is 2.45. The Bertz CT molecular complexity index is 680. The topological polar surface area (TPSA) is 69.7 Å². The van der Waals surface area contributed by atoms with E-state index < -0.39 is 0 Å². The number of nitrogens with one attached hydrogen (secondary N) is 1. The van der Waals surface area contributed by atoms with Gasteiger partial charge in [0.15, 0.2) is 0 Å². The molecule has 1 aromatic rings. The molecule has 2 heterocycles. The normalized spacial score (nSPS) is 23.2. The first-order chi connectivity index (χ1) is 11.5. The van der Waals surface area contributed by atoms with Gasteiger partial charge in [0.25, 0.3) is 0 Å². The second kappa shape index (κ2) is 5.61. The average molecular weight is 327 g/mol. The highest BCUT2D eigenvalue weighted by Crippen LogP contribution is 2.47. The lowest BCUT2D eigenvalue weighted by Gasteiger charge is -2.47. The van der Waals surface area contributed by atoms with E-state index >= 15 is 0 Å². The molecule has 126 valence electrons. The lowest BCUT2D eigenvalue weighted by molar-refractivity contribution is -0.133. The molecule has 0 aromatic heterocycles. The van der Waals surface area contributed by atoms with Crippen molar-refractivity contribution < 1.29 is 14.4 Å². The molecule has 1 aliphatic carbocycles. The quantitative estimate of drug-likeness (QED) is 0.903. The summed E-state index contributed by atoms with van der Waals surface area (Å²) >= 11 is 0. The zero-order valence-corrected chi connectivity index (χ0v) is 13.6. The van der Waals surface area contributed by atoms with Crippen LogP contribution in [0.3, 0.4) is 0 Å². The van der Waals surface area contributed by atoms with E-state index in [1.54, 1.807) is 4.90 Å². The minimum Gasteiger partial charge on any atom is -0.371 e. The number of ketones is 1. The second-order valence-corrected chi connectivity index (χ2v) is 7.15. The number of carbonyl (C=O) groups is 3. The molecule has 1 N–H and O–H groups in total. The molecule has 6 nitrogen and oxygen atoms in total. The van der Waals surface area contributed by atoms with E-state index in [0.717, 1.165) is 50.1 Å². The molecule has 6 heteroatoms. The zero-order valence-electron chi connectivity index (χ0n) is 13.6. The fraction of sp³-hybridized carbons (Fsp3) is 0.500. The summed E-state index contributed by atoms with van der Waals surface area (Å²) in [5.74, 6) is 0.190. The molecule has 0 bridgehead atoms. The highest BCUT2D eigenvalue weighted by atomic mass is 16.2. The van der Waals surface area contributed by atoms with Crippen molar-refractivity contribution in [1.29, 1.82) is 0 Å². The number of benzene rings is 1. The summed E-state index contributed by atoms with van der Waals surface area (Å²) in [5, 5.41) is 2.34. The van der Waals surface area contributed by atoms with Crippen LogP contribution in [0.4, 0.5) is 16.2 Å². The molecule has 24 heavy (non-hydrogen) atoms. The molecule has 0 unspecified atom stereocenters. The third-order valence-corrected chi connectivity index (χ3v) is 5.55. The Balaban J connectivity index is 1.40. The highest BCUT2D eigenvalue weighted by molar-refractivity contribution is 6.05. The van der Waals surface area contributed by atoms with Crippen molar-refractivity contribution in [2.45, 2.75) is 32.1 Å². The maximum absolute atomic E-state index is 11.9. The Morgan fingerprint density at radius 1 is 0.875 bits per heavy atom. The van der Waals surface area contributed by atoms with Crippen molar-refractivity contribution in [3.8, 4) is 0 Å². The molecule has 2 aliphatic heterocycles. The number of hydrogen-bond acceptors (Lipinski definition) is 4. The van der Waals surface area contributed by atoms with Crippen LogP contribution < -0.4 is 15.1 Å². The Hall–Kier alpha value is -2.37. The minimum absolute atomic E-state index is 0.218. The van der Waals surface area contributed by atoms with Crippen LogP contribution in [-0.4, -0.2) is 37.4 Å². The van der Waals surface area contributed by atoms with Gasteiger partial charge >= 0.3 is 6.03 Å². The van der Waals surface area contributed by atoms with Gasteiger partial charge in [-0.2, -0.15) is 0 Å². The summed E-state index contributed by atoms with van der Waals surface area (Å²) in [5.41, 5.74) is 2.24. The Kier molecular flexibility index (Phi) is 3.55. The fourth-order valence-corrected chi connectivity index (χ4v) is 4.03. The van der Waals surface area contributed by atoms with Gasteiger partial charge in [-0.25, -0.2) is 4.79 Å². The van der Waals surface area contributed by atoms with Gasteiger partial charge in [0, 0.05) is 50.3 Å². The number of nitrogens with zero attached hydrogens (tertiary/aromatic N) is 2. The summed E-state index contributed by atoms with van der Waals surface area (Å²) < 4.78 is 0. The third kappa shape index (κ3) is 2.66. The number of rotatable bonds is 2. The van der Waals surface area contributed by atoms with Crippen LogP contribution in [0.25, 0.3) is 0 Å². The van der Waals surface area contributed by atoms with E-state index in [-0.39, 0.29) is 17.4 Å². The standard InChI is InChI=1S/C18H21N3O3/c22-15-11-18(12-15)6-9-20(10-7-18)13-1-3-14(4-2-13)21-8-5-16(23)19-17(21)24/h1-4H,5-12H2,(H,19,23,24). The molecule has 2 saturated heterocycles. The van der Waals surface area contributed by atoms with Gasteiger partial charge in [-0.15, -0.1) is 0 Å². The number of hydrogen-bond donors (Lipinski definition) is 1. The van der Waals surface area contributed by atoms with Crippen molar-refractivity contribution >= 4 is 29.1 Å². The van der Waals surface area contributed by atoms with E-state index in [1.165, 1.54) is 0 Å². The monoisotopic (exact) mass is 327 g/mol. The van der Waals surface area contributed by atoms with Gasteiger partial charge in [-0.3, -0.25) is 19.8 Å².